The van der Waals surface area contributed by atoms with Gasteiger partial charge in [0.05, 0.1) is 17.7 Å². The molecule has 1 aliphatic rings. The summed E-state index contributed by atoms with van der Waals surface area (Å²) in [5.41, 5.74) is 1.72. The fourth-order valence-corrected chi connectivity index (χ4v) is 2.26. The van der Waals surface area contributed by atoms with Crippen LogP contribution in [0.4, 0.5) is 0 Å². The second-order valence-corrected chi connectivity index (χ2v) is 4.76. The van der Waals surface area contributed by atoms with Gasteiger partial charge in [0.15, 0.2) is 0 Å². The van der Waals surface area contributed by atoms with E-state index in [1.807, 2.05) is 27.7 Å². The molecule has 0 aromatic heterocycles. The highest BCUT2D eigenvalue weighted by Gasteiger charge is 2.40. The molecule has 0 saturated carbocycles. The fourth-order valence-electron chi connectivity index (χ4n) is 2.26. The van der Waals surface area contributed by atoms with Crippen molar-refractivity contribution < 1.29 is 9.53 Å². The van der Waals surface area contributed by atoms with Crippen molar-refractivity contribution in [1.82, 2.24) is 10.3 Å². The summed E-state index contributed by atoms with van der Waals surface area (Å²) in [5.74, 6) is 5.12. The summed E-state index contributed by atoms with van der Waals surface area (Å²) < 4.78 is 5.66. The van der Waals surface area contributed by atoms with Crippen molar-refractivity contribution in [2.24, 2.45) is 5.84 Å². The largest absolute Gasteiger partial charge is 0.373 e. The molecular weight excluding hydrogens is 206 g/mol. The van der Waals surface area contributed by atoms with Gasteiger partial charge in [0.1, 0.15) is 0 Å². The average Bonchev–Trinajstić information content (AvgIpc) is 2.25. The third-order valence-corrected chi connectivity index (χ3v) is 3.43. The predicted octanol–water partition coefficient (Wildman–Crippen LogP) is 0.254. The van der Waals surface area contributed by atoms with Gasteiger partial charge in [0.25, 0.3) is 5.91 Å². The second-order valence-electron chi connectivity index (χ2n) is 4.76. The Hall–Kier alpha value is -0.650. The summed E-state index contributed by atoms with van der Waals surface area (Å²) in [4.78, 5) is 14.0. The third-order valence-electron chi connectivity index (χ3n) is 3.43. The number of morpholine rings is 1. The number of nitrogens with one attached hydrogen (secondary N) is 1. The minimum absolute atomic E-state index is 0.128. The number of hydrogen-bond donors (Lipinski definition) is 2. The van der Waals surface area contributed by atoms with Gasteiger partial charge in [-0.1, -0.05) is 6.92 Å². The Kier molecular flexibility index (Phi) is 4.29. The van der Waals surface area contributed by atoms with E-state index < -0.39 is 5.54 Å². The van der Waals surface area contributed by atoms with Gasteiger partial charge < -0.3 is 4.74 Å². The van der Waals surface area contributed by atoms with Crippen LogP contribution in [0.2, 0.25) is 0 Å². The van der Waals surface area contributed by atoms with E-state index >= 15 is 0 Å². The van der Waals surface area contributed by atoms with E-state index in [-0.39, 0.29) is 18.1 Å². The molecule has 1 heterocycles. The van der Waals surface area contributed by atoms with Gasteiger partial charge in [0, 0.05) is 13.1 Å². The van der Waals surface area contributed by atoms with E-state index in [1.165, 1.54) is 0 Å². The van der Waals surface area contributed by atoms with Crippen LogP contribution in [0.15, 0.2) is 0 Å². The zero-order valence-corrected chi connectivity index (χ0v) is 10.6. The molecule has 16 heavy (non-hydrogen) atoms. The third kappa shape index (κ3) is 2.53. The molecule has 1 aliphatic heterocycles. The van der Waals surface area contributed by atoms with Crippen molar-refractivity contribution in [1.29, 1.82) is 0 Å². The van der Waals surface area contributed by atoms with Crippen LogP contribution in [-0.2, 0) is 9.53 Å². The molecule has 1 rings (SSSR count). The minimum atomic E-state index is -0.541. The summed E-state index contributed by atoms with van der Waals surface area (Å²) in [6.07, 6.45) is 1.04. The van der Waals surface area contributed by atoms with E-state index in [4.69, 9.17) is 10.6 Å². The van der Waals surface area contributed by atoms with Gasteiger partial charge >= 0.3 is 0 Å². The lowest BCUT2D eigenvalue weighted by atomic mass is 9.93. The molecule has 5 heteroatoms. The molecule has 0 spiro atoms. The van der Waals surface area contributed by atoms with Gasteiger partial charge in [-0.15, -0.1) is 0 Å². The molecule has 3 atom stereocenters. The number of carbonyl (C=O) groups excluding carboxylic acids is 1. The molecule has 1 fully saturated rings. The van der Waals surface area contributed by atoms with Crippen molar-refractivity contribution in [3.63, 3.8) is 0 Å². The van der Waals surface area contributed by atoms with Gasteiger partial charge in [-0.2, -0.15) is 0 Å². The van der Waals surface area contributed by atoms with E-state index in [0.717, 1.165) is 19.5 Å². The highest BCUT2D eigenvalue weighted by Crippen LogP contribution is 2.24. The number of rotatable bonds is 3. The van der Waals surface area contributed by atoms with Gasteiger partial charge in [-0.05, 0) is 27.2 Å². The van der Waals surface area contributed by atoms with Crippen LogP contribution in [0.1, 0.15) is 34.1 Å². The first-order chi connectivity index (χ1) is 7.43. The summed E-state index contributed by atoms with van der Waals surface area (Å²) >= 11 is 0. The zero-order chi connectivity index (χ0) is 12.3. The highest BCUT2D eigenvalue weighted by molar-refractivity contribution is 5.85. The number of nitrogens with two attached hydrogens (primary N) is 1. The minimum Gasteiger partial charge on any atom is -0.373 e. The Morgan fingerprint density at radius 1 is 1.50 bits per heavy atom. The lowest BCUT2D eigenvalue weighted by Gasteiger charge is -2.45. The summed E-state index contributed by atoms with van der Waals surface area (Å²) in [7, 11) is 0. The van der Waals surface area contributed by atoms with E-state index in [9.17, 15) is 4.79 Å². The number of amides is 1. The van der Waals surface area contributed by atoms with Crippen LogP contribution in [0.25, 0.3) is 0 Å². The SMILES string of the molecule is CC[C@](C)(C(=O)NN)N1C[C@H](C)O[C@@H](C)C1. The molecule has 1 saturated heterocycles. The number of ether oxygens (including phenoxy) is 1. The number of nitrogens with zero attached hydrogens (tertiary/aromatic N) is 1. The molecule has 0 aromatic carbocycles. The lowest BCUT2D eigenvalue weighted by Crippen LogP contribution is -2.63. The molecule has 0 unspecified atom stereocenters. The Morgan fingerprint density at radius 2 is 2.00 bits per heavy atom. The first kappa shape index (κ1) is 13.4. The summed E-state index contributed by atoms with van der Waals surface area (Å²) in [6, 6.07) is 0. The van der Waals surface area contributed by atoms with Crippen molar-refractivity contribution >= 4 is 5.91 Å². The van der Waals surface area contributed by atoms with Crippen LogP contribution < -0.4 is 11.3 Å². The predicted molar refractivity (Wildman–Crippen MR) is 62.6 cm³/mol. The van der Waals surface area contributed by atoms with Gasteiger partial charge in [-0.3, -0.25) is 15.1 Å². The van der Waals surface area contributed by atoms with Crippen LogP contribution in [0.5, 0.6) is 0 Å². The molecule has 5 nitrogen and oxygen atoms in total. The number of carbonyl (C=O) groups is 1. The van der Waals surface area contributed by atoms with E-state index in [2.05, 4.69) is 10.3 Å². The van der Waals surface area contributed by atoms with E-state index in [0.29, 0.717) is 0 Å². The average molecular weight is 229 g/mol. The zero-order valence-electron chi connectivity index (χ0n) is 10.6. The molecule has 1 amide bonds. The normalized spacial score (nSPS) is 30.8. The Morgan fingerprint density at radius 3 is 2.38 bits per heavy atom. The second kappa shape index (κ2) is 5.12. The van der Waals surface area contributed by atoms with Crippen molar-refractivity contribution in [2.75, 3.05) is 13.1 Å². The lowest BCUT2D eigenvalue weighted by molar-refractivity contribution is -0.143. The van der Waals surface area contributed by atoms with Crippen LogP contribution in [-0.4, -0.2) is 41.6 Å². The van der Waals surface area contributed by atoms with Crippen LogP contribution >= 0.6 is 0 Å². The monoisotopic (exact) mass is 229 g/mol. The maximum absolute atomic E-state index is 11.9. The van der Waals surface area contributed by atoms with Crippen molar-refractivity contribution in [3.8, 4) is 0 Å². The quantitative estimate of drug-likeness (QED) is 0.414. The van der Waals surface area contributed by atoms with Crippen LogP contribution in [0.3, 0.4) is 0 Å². The molecular formula is C11H23N3O2. The number of hydrogen-bond acceptors (Lipinski definition) is 4. The summed E-state index contributed by atoms with van der Waals surface area (Å²) in [5, 5.41) is 0. The van der Waals surface area contributed by atoms with Crippen LogP contribution in [0, 0.1) is 0 Å². The molecule has 94 valence electrons. The van der Waals surface area contributed by atoms with Crippen molar-refractivity contribution in [2.45, 2.75) is 51.9 Å². The fraction of sp³-hybridized carbons (Fsp3) is 0.909. The van der Waals surface area contributed by atoms with E-state index in [1.54, 1.807) is 0 Å². The molecule has 0 bridgehead atoms. The Labute approximate surface area is 97.3 Å². The van der Waals surface area contributed by atoms with Gasteiger partial charge in [-0.25, -0.2) is 5.84 Å². The first-order valence-electron chi connectivity index (χ1n) is 5.85. The summed E-state index contributed by atoms with van der Waals surface area (Å²) in [6.45, 7) is 9.52. The van der Waals surface area contributed by atoms with Gasteiger partial charge in [0.2, 0.25) is 0 Å². The Balaban J connectivity index is 2.83. The highest BCUT2D eigenvalue weighted by atomic mass is 16.5. The molecule has 0 radical (unpaired) electrons. The Bertz CT molecular complexity index is 250. The first-order valence-corrected chi connectivity index (χ1v) is 5.85. The topological polar surface area (TPSA) is 67.6 Å². The maximum Gasteiger partial charge on any atom is 0.254 e. The molecule has 3 N–H and O–H groups in total. The van der Waals surface area contributed by atoms with Crippen molar-refractivity contribution in [3.05, 3.63) is 0 Å². The molecule has 0 aromatic rings. The number of hydrazine groups is 1. The smallest absolute Gasteiger partial charge is 0.254 e. The maximum atomic E-state index is 11.9. The standard InChI is InChI=1S/C11H23N3O2/c1-5-11(4,10(15)13-12)14-6-8(2)16-9(3)7-14/h8-9H,5-7,12H2,1-4H3,(H,13,15)/t8-,9-,11+/m0/s1. The molecule has 0 aliphatic carbocycles.